The van der Waals surface area contributed by atoms with E-state index in [2.05, 4.69) is 20.3 Å². The van der Waals surface area contributed by atoms with Crippen molar-refractivity contribution in [3.05, 3.63) is 78.4 Å². The lowest BCUT2D eigenvalue weighted by Gasteiger charge is -2.36. The van der Waals surface area contributed by atoms with E-state index >= 15 is 4.39 Å². The summed E-state index contributed by atoms with van der Waals surface area (Å²) in [5.41, 5.74) is -2.19. The van der Waals surface area contributed by atoms with Gasteiger partial charge in [0, 0.05) is 19.0 Å². The van der Waals surface area contributed by atoms with Crippen LogP contribution in [0.4, 0.5) is 10.2 Å². The van der Waals surface area contributed by atoms with Crippen LogP contribution in [0.5, 0.6) is 5.75 Å². The number of rotatable bonds is 9. The minimum Gasteiger partial charge on any atom is -0.496 e. The third-order valence-electron chi connectivity index (χ3n) is 7.32. The molecule has 1 aliphatic rings. The van der Waals surface area contributed by atoms with Crippen LogP contribution >= 0.6 is 0 Å². The van der Waals surface area contributed by atoms with Crippen LogP contribution in [0.1, 0.15) is 42.9 Å². The van der Waals surface area contributed by atoms with Crippen molar-refractivity contribution in [2.75, 3.05) is 19.0 Å². The number of alkyl halides is 1. The lowest BCUT2D eigenvalue weighted by molar-refractivity contribution is -0.175. The molecule has 4 atom stereocenters. The Morgan fingerprint density at radius 2 is 1.80 bits per heavy atom. The largest absolute Gasteiger partial charge is 0.496 e. The predicted octanol–water partition coefficient (Wildman–Crippen LogP) is 4.25. The van der Waals surface area contributed by atoms with Gasteiger partial charge in [-0.25, -0.2) is 24.1 Å². The predicted molar refractivity (Wildman–Crippen MR) is 146 cm³/mol. The Balaban J connectivity index is 1.43. The van der Waals surface area contributed by atoms with E-state index < -0.39 is 35.5 Å². The minimum absolute atomic E-state index is 0.295. The second-order valence-electron chi connectivity index (χ2n) is 9.93. The number of para-hydroxylation sites is 1. The normalized spacial score (nSPS) is 23.7. The average molecular weight is 564 g/mol. The van der Waals surface area contributed by atoms with Crippen LogP contribution in [-0.4, -0.2) is 62.5 Å². The number of fused-ring (bicyclic) bond motifs is 1. The molecule has 1 fully saturated rings. The van der Waals surface area contributed by atoms with Crippen LogP contribution in [0.25, 0.3) is 11.2 Å². The molecule has 0 unspecified atom stereocenters. The monoisotopic (exact) mass is 563 g/mol. The first-order valence-corrected chi connectivity index (χ1v) is 12.9. The number of nitrogens with zero attached hydrogens (tertiary/aromatic N) is 4. The third-order valence-corrected chi connectivity index (χ3v) is 7.32. The summed E-state index contributed by atoms with van der Waals surface area (Å²) in [5.74, 6) is -0.183. The fourth-order valence-corrected chi connectivity index (χ4v) is 4.95. The Labute approximate surface area is 235 Å². The molecule has 1 saturated heterocycles. The second kappa shape index (κ2) is 11.1. The maximum Gasteiger partial charge on any atom is 0.338 e. The fraction of sp³-hybridized carbons (Fsp3) is 0.345. The second-order valence-corrected chi connectivity index (χ2v) is 9.93. The van der Waals surface area contributed by atoms with Gasteiger partial charge >= 0.3 is 11.9 Å². The van der Waals surface area contributed by atoms with Crippen LogP contribution in [0.2, 0.25) is 0 Å². The molecular formula is C29H30FN5O6. The molecule has 0 spiro atoms. The first kappa shape index (κ1) is 28.0. The zero-order chi connectivity index (χ0) is 29.2. The van der Waals surface area contributed by atoms with Crippen LogP contribution in [0.3, 0.4) is 0 Å². The van der Waals surface area contributed by atoms with Crippen LogP contribution < -0.4 is 10.1 Å². The summed E-state index contributed by atoms with van der Waals surface area (Å²) in [6, 6.07) is 15.9. The number of carbonyl (C=O) groups is 2. The molecule has 0 aliphatic carbocycles. The van der Waals surface area contributed by atoms with Gasteiger partial charge in [-0.15, -0.1) is 0 Å². The van der Waals surface area contributed by atoms with Crippen molar-refractivity contribution >= 4 is 28.9 Å². The van der Waals surface area contributed by atoms with Crippen LogP contribution in [-0.2, 0) is 25.5 Å². The number of hydrogen-bond donors (Lipinski definition) is 1. The standard InChI is InChI=1S/C29H30FN5O6/c1-18(36)41-29(3)22(15-39-26(37)19-10-6-5-7-11-19)40-27(28(29,2)30)35-17-34-23-24(32-16-33-25(23)35)31-14-20-12-8-9-13-21(20)38-4/h5-13,16-17,22,27H,14-15H2,1-4H3,(H,31,32,33)/t22-,27+,28+,29+/m1/s1. The van der Waals surface area contributed by atoms with E-state index in [1.54, 1.807) is 37.4 Å². The molecule has 0 bridgehead atoms. The van der Waals surface area contributed by atoms with Gasteiger partial charge in [-0.2, -0.15) is 0 Å². The van der Waals surface area contributed by atoms with Gasteiger partial charge in [0.25, 0.3) is 0 Å². The number of anilines is 1. The van der Waals surface area contributed by atoms with Crippen molar-refractivity contribution in [3.8, 4) is 5.75 Å². The Hall–Kier alpha value is -4.58. The number of methoxy groups -OCH3 is 1. The highest BCUT2D eigenvalue weighted by Gasteiger charge is 2.66. The summed E-state index contributed by atoms with van der Waals surface area (Å²) in [6.07, 6.45) is 0.263. The van der Waals surface area contributed by atoms with Gasteiger partial charge in [0.2, 0.25) is 0 Å². The molecular weight excluding hydrogens is 533 g/mol. The Morgan fingerprint density at radius 3 is 2.54 bits per heavy atom. The smallest absolute Gasteiger partial charge is 0.338 e. The van der Waals surface area contributed by atoms with Crippen molar-refractivity contribution < 1.29 is 32.9 Å². The molecule has 12 heteroatoms. The molecule has 2 aromatic carbocycles. The molecule has 0 saturated carbocycles. The lowest BCUT2D eigenvalue weighted by Crippen LogP contribution is -2.55. The van der Waals surface area contributed by atoms with Gasteiger partial charge in [0.05, 0.1) is 19.0 Å². The first-order valence-electron chi connectivity index (χ1n) is 12.9. The van der Waals surface area contributed by atoms with E-state index in [0.29, 0.717) is 34.8 Å². The minimum atomic E-state index is -2.29. The zero-order valence-electron chi connectivity index (χ0n) is 23.0. The highest BCUT2D eigenvalue weighted by Crippen LogP contribution is 2.51. The molecule has 3 heterocycles. The molecule has 214 valence electrons. The van der Waals surface area contributed by atoms with E-state index in [-0.39, 0.29) is 6.61 Å². The van der Waals surface area contributed by atoms with Gasteiger partial charge < -0.3 is 24.3 Å². The van der Waals surface area contributed by atoms with Crippen LogP contribution in [0, 0.1) is 0 Å². The van der Waals surface area contributed by atoms with Crippen molar-refractivity contribution in [2.45, 2.75) is 50.9 Å². The average Bonchev–Trinajstić information content (AvgIpc) is 3.47. The maximum absolute atomic E-state index is 16.8. The Kier molecular flexibility index (Phi) is 7.59. The number of carbonyl (C=O) groups excluding carboxylic acids is 2. The number of ether oxygens (including phenoxy) is 4. The van der Waals surface area contributed by atoms with Crippen molar-refractivity contribution in [2.24, 2.45) is 0 Å². The molecule has 5 rings (SSSR count). The van der Waals surface area contributed by atoms with Crippen molar-refractivity contribution in [3.63, 3.8) is 0 Å². The van der Waals surface area contributed by atoms with E-state index in [1.165, 1.54) is 38.0 Å². The van der Waals surface area contributed by atoms with E-state index in [1.807, 2.05) is 24.3 Å². The molecule has 4 aromatic rings. The van der Waals surface area contributed by atoms with E-state index in [9.17, 15) is 9.59 Å². The highest BCUT2D eigenvalue weighted by atomic mass is 19.1. The summed E-state index contributed by atoms with van der Waals surface area (Å²) < 4.78 is 40.7. The molecule has 0 radical (unpaired) electrons. The first-order chi connectivity index (χ1) is 19.7. The van der Waals surface area contributed by atoms with Gasteiger partial charge in [-0.1, -0.05) is 36.4 Å². The van der Waals surface area contributed by atoms with Gasteiger partial charge in [-0.05, 0) is 32.0 Å². The number of benzene rings is 2. The van der Waals surface area contributed by atoms with Gasteiger partial charge in [0.1, 0.15) is 24.8 Å². The molecule has 1 aliphatic heterocycles. The summed E-state index contributed by atoms with van der Waals surface area (Å²) in [4.78, 5) is 37.8. The molecule has 41 heavy (non-hydrogen) atoms. The number of aromatic nitrogens is 4. The maximum atomic E-state index is 16.8. The SMILES string of the molecule is COc1ccccc1CNc1ncnc2c1ncn2[C@H]1O[C@H](COC(=O)c2ccccc2)[C@](C)(OC(C)=O)[C@@]1(C)F. The molecule has 1 N–H and O–H groups in total. The number of nitrogens with one attached hydrogen (secondary N) is 1. The summed E-state index contributed by atoms with van der Waals surface area (Å²) in [7, 11) is 1.60. The summed E-state index contributed by atoms with van der Waals surface area (Å²) >= 11 is 0. The third kappa shape index (κ3) is 5.18. The van der Waals surface area contributed by atoms with Crippen molar-refractivity contribution in [1.29, 1.82) is 0 Å². The molecule has 2 aromatic heterocycles. The zero-order valence-corrected chi connectivity index (χ0v) is 23.0. The van der Waals surface area contributed by atoms with Gasteiger partial charge in [0.15, 0.2) is 34.5 Å². The molecule has 0 amide bonds. The fourth-order valence-electron chi connectivity index (χ4n) is 4.95. The number of imidazole rings is 1. The van der Waals surface area contributed by atoms with Crippen LogP contribution in [0.15, 0.2) is 67.3 Å². The lowest BCUT2D eigenvalue weighted by atomic mass is 9.84. The quantitative estimate of drug-likeness (QED) is 0.295. The Morgan fingerprint density at radius 1 is 1.07 bits per heavy atom. The van der Waals surface area contributed by atoms with E-state index in [4.69, 9.17) is 18.9 Å². The van der Waals surface area contributed by atoms with Crippen molar-refractivity contribution in [1.82, 2.24) is 19.5 Å². The Bertz CT molecular complexity index is 1560. The number of halogens is 1. The highest BCUT2D eigenvalue weighted by molar-refractivity contribution is 5.89. The molecule has 11 nitrogen and oxygen atoms in total. The number of hydrogen-bond acceptors (Lipinski definition) is 10. The van der Waals surface area contributed by atoms with E-state index in [0.717, 1.165) is 5.56 Å². The number of esters is 2. The van der Waals surface area contributed by atoms with Gasteiger partial charge in [-0.3, -0.25) is 9.36 Å². The topological polar surface area (TPSA) is 127 Å². The summed E-state index contributed by atoms with van der Waals surface area (Å²) in [5, 5.41) is 3.23. The summed E-state index contributed by atoms with van der Waals surface area (Å²) in [6.45, 7) is 3.91.